The number of aliphatic hydroxyl groups excluding tert-OH is 1. The Bertz CT molecular complexity index is 446. The molecule has 7 heteroatoms. The van der Waals surface area contributed by atoms with Crippen molar-refractivity contribution in [1.29, 1.82) is 0 Å². The zero-order valence-electron chi connectivity index (χ0n) is 11.3. The molecule has 108 valence electrons. The number of aryl methyl sites for hydroxylation is 2. The Balaban J connectivity index is 2.42. The molecule has 5 nitrogen and oxygen atoms in total. The van der Waals surface area contributed by atoms with E-state index < -0.39 is 19.1 Å². The molecule has 0 saturated carbocycles. The number of aliphatic hydroxyl groups is 1. The summed E-state index contributed by atoms with van der Waals surface area (Å²) in [5.41, 5.74) is 2.84. The molecule has 0 saturated heterocycles. The van der Waals surface area contributed by atoms with Crippen LogP contribution in [0.1, 0.15) is 23.4 Å². The average Bonchev–Trinajstić information content (AvgIpc) is 2.58. The minimum atomic E-state index is -2.84. The van der Waals surface area contributed by atoms with E-state index in [1.807, 2.05) is 20.9 Å². The van der Waals surface area contributed by atoms with Crippen molar-refractivity contribution in [1.82, 2.24) is 15.1 Å². The predicted molar refractivity (Wildman–Crippen MR) is 66.0 cm³/mol. The molecule has 1 atom stereocenters. The Kier molecular flexibility index (Phi) is 5.41. The van der Waals surface area contributed by atoms with Crippen molar-refractivity contribution >= 4 is 5.91 Å². The molecule has 0 aliphatic heterocycles. The number of nitrogens with one attached hydrogen (secondary N) is 1. The lowest BCUT2D eigenvalue weighted by Crippen LogP contribution is -2.35. The van der Waals surface area contributed by atoms with Gasteiger partial charge in [0.2, 0.25) is 5.91 Å². The van der Waals surface area contributed by atoms with Gasteiger partial charge in [-0.3, -0.25) is 9.48 Å². The monoisotopic (exact) mass is 275 g/mol. The van der Waals surface area contributed by atoms with Crippen molar-refractivity contribution in [3.63, 3.8) is 0 Å². The third kappa shape index (κ3) is 4.27. The molecule has 1 heterocycles. The topological polar surface area (TPSA) is 67.2 Å². The lowest BCUT2D eigenvalue weighted by molar-refractivity contribution is -0.122. The average molecular weight is 275 g/mol. The Morgan fingerprint density at radius 2 is 2.11 bits per heavy atom. The van der Waals surface area contributed by atoms with Crippen LogP contribution in [0, 0.1) is 13.8 Å². The molecular formula is C12H19F2N3O2. The maximum Gasteiger partial charge on any atom is 0.265 e. The molecule has 2 N–H and O–H groups in total. The minimum absolute atomic E-state index is 0.184. The van der Waals surface area contributed by atoms with Crippen molar-refractivity contribution in [2.45, 2.75) is 39.2 Å². The Morgan fingerprint density at radius 1 is 1.47 bits per heavy atom. The lowest BCUT2D eigenvalue weighted by Gasteiger charge is -2.10. The summed E-state index contributed by atoms with van der Waals surface area (Å²) in [7, 11) is 1.82. The van der Waals surface area contributed by atoms with Gasteiger partial charge in [-0.05, 0) is 25.8 Å². The van der Waals surface area contributed by atoms with E-state index in [2.05, 4.69) is 10.4 Å². The van der Waals surface area contributed by atoms with E-state index in [4.69, 9.17) is 5.11 Å². The van der Waals surface area contributed by atoms with Gasteiger partial charge in [0.1, 0.15) is 6.10 Å². The quantitative estimate of drug-likeness (QED) is 0.803. The number of hydrogen-bond donors (Lipinski definition) is 2. The molecule has 0 bridgehead atoms. The minimum Gasteiger partial charge on any atom is -0.385 e. The van der Waals surface area contributed by atoms with E-state index in [0.29, 0.717) is 6.42 Å². The van der Waals surface area contributed by atoms with Crippen molar-refractivity contribution < 1.29 is 18.7 Å². The number of amides is 1. The highest BCUT2D eigenvalue weighted by molar-refractivity contribution is 5.76. The first kappa shape index (κ1) is 15.6. The normalized spacial score (nSPS) is 12.8. The zero-order valence-corrected chi connectivity index (χ0v) is 11.3. The maximum atomic E-state index is 12.0. The summed E-state index contributed by atoms with van der Waals surface area (Å²) in [6, 6.07) is 0. The zero-order chi connectivity index (χ0) is 14.6. The molecule has 1 rings (SSSR count). The summed E-state index contributed by atoms with van der Waals surface area (Å²) >= 11 is 0. The number of aromatic nitrogens is 2. The second kappa shape index (κ2) is 6.60. The van der Waals surface area contributed by atoms with Crippen LogP contribution < -0.4 is 5.32 Å². The third-order valence-electron chi connectivity index (χ3n) is 3.06. The van der Waals surface area contributed by atoms with Gasteiger partial charge >= 0.3 is 0 Å². The van der Waals surface area contributed by atoms with E-state index in [1.54, 1.807) is 4.68 Å². The molecular weight excluding hydrogens is 256 g/mol. The van der Waals surface area contributed by atoms with E-state index in [1.165, 1.54) is 0 Å². The molecule has 0 spiro atoms. The fraction of sp³-hybridized carbons (Fsp3) is 0.667. The van der Waals surface area contributed by atoms with Crippen LogP contribution in [-0.4, -0.2) is 39.9 Å². The van der Waals surface area contributed by atoms with Crippen LogP contribution in [0.25, 0.3) is 0 Å². The highest BCUT2D eigenvalue weighted by Crippen LogP contribution is 2.13. The molecule has 0 aliphatic carbocycles. The van der Waals surface area contributed by atoms with Gasteiger partial charge in [0.25, 0.3) is 6.43 Å². The maximum absolute atomic E-state index is 12.0. The first-order valence-electron chi connectivity index (χ1n) is 6.05. The number of nitrogens with zero attached hydrogens (tertiary/aromatic N) is 2. The molecule has 0 fully saturated rings. The summed E-state index contributed by atoms with van der Waals surface area (Å²) in [6.07, 6.45) is -3.97. The highest BCUT2D eigenvalue weighted by atomic mass is 19.3. The van der Waals surface area contributed by atoms with Gasteiger partial charge in [-0.2, -0.15) is 5.10 Å². The van der Waals surface area contributed by atoms with Crippen molar-refractivity contribution in [3.05, 3.63) is 17.0 Å². The largest absolute Gasteiger partial charge is 0.385 e. The SMILES string of the molecule is Cc1nn(C)c(C)c1CCC(=O)NCC(O)C(F)F. The number of alkyl halides is 2. The Hall–Kier alpha value is -1.50. The molecule has 0 aliphatic rings. The van der Waals surface area contributed by atoms with E-state index in [9.17, 15) is 13.6 Å². The van der Waals surface area contributed by atoms with Gasteiger partial charge in [0.05, 0.1) is 5.69 Å². The molecule has 19 heavy (non-hydrogen) atoms. The summed E-state index contributed by atoms with van der Waals surface area (Å²) in [6.45, 7) is 3.34. The van der Waals surface area contributed by atoms with E-state index in [0.717, 1.165) is 17.0 Å². The Morgan fingerprint density at radius 3 is 2.58 bits per heavy atom. The second-order valence-corrected chi connectivity index (χ2v) is 4.48. The third-order valence-corrected chi connectivity index (χ3v) is 3.06. The smallest absolute Gasteiger partial charge is 0.265 e. The standard InChI is InChI=1S/C12H19F2N3O2/c1-7-9(8(2)17(3)16-7)4-5-11(19)15-6-10(18)12(13)14/h10,12,18H,4-6H2,1-3H3,(H,15,19). The van der Waals surface area contributed by atoms with Crippen LogP contribution in [0.5, 0.6) is 0 Å². The van der Waals surface area contributed by atoms with Gasteiger partial charge in [-0.15, -0.1) is 0 Å². The van der Waals surface area contributed by atoms with Crippen LogP contribution >= 0.6 is 0 Å². The summed E-state index contributed by atoms with van der Waals surface area (Å²) < 4.78 is 25.8. The molecule has 0 aromatic carbocycles. The fourth-order valence-electron chi connectivity index (χ4n) is 1.81. The van der Waals surface area contributed by atoms with Gasteiger partial charge in [-0.1, -0.05) is 0 Å². The number of carbonyl (C=O) groups is 1. The van der Waals surface area contributed by atoms with Crippen LogP contribution in [0.2, 0.25) is 0 Å². The first-order chi connectivity index (χ1) is 8.82. The van der Waals surface area contributed by atoms with Gasteiger partial charge < -0.3 is 10.4 Å². The van der Waals surface area contributed by atoms with Crippen LogP contribution in [0.3, 0.4) is 0 Å². The molecule has 1 aromatic heterocycles. The molecule has 0 radical (unpaired) electrons. The summed E-state index contributed by atoms with van der Waals surface area (Å²) in [4.78, 5) is 11.5. The van der Waals surface area contributed by atoms with Crippen molar-refractivity contribution in [3.8, 4) is 0 Å². The molecule has 1 unspecified atom stereocenters. The molecule has 1 amide bonds. The number of hydrogen-bond acceptors (Lipinski definition) is 3. The van der Waals surface area contributed by atoms with E-state index >= 15 is 0 Å². The number of halogens is 2. The van der Waals surface area contributed by atoms with Crippen LogP contribution in [-0.2, 0) is 18.3 Å². The second-order valence-electron chi connectivity index (χ2n) is 4.48. The fourth-order valence-corrected chi connectivity index (χ4v) is 1.81. The predicted octanol–water partition coefficient (Wildman–Crippen LogP) is 0.712. The lowest BCUT2D eigenvalue weighted by atomic mass is 10.1. The Labute approximate surface area is 110 Å². The van der Waals surface area contributed by atoms with Gasteiger partial charge in [0, 0.05) is 25.7 Å². The number of rotatable bonds is 6. The summed E-state index contributed by atoms with van der Waals surface area (Å²) in [5.74, 6) is -0.359. The van der Waals surface area contributed by atoms with Crippen LogP contribution in [0.15, 0.2) is 0 Å². The molecule has 1 aromatic rings. The van der Waals surface area contributed by atoms with Crippen molar-refractivity contribution in [2.24, 2.45) is 7.05 Å². The van der Waals surface area contributed by atoms with Gasteiger partial charge in [-0.25, -0.2) is 8.78 Å². The first-order valence-corrected chi connectivity index (χ1v) is 6.05. The highest BCUT2D eigenvalue weighted by Gasteiger charge is 2.17. The summed E-state index contributed by atoms with van der Waals surface area (Å²) in [5, 5.41) is 15.4. The van der Waals surface area contributed by atoms with Gasteiger partial charge in [0.15, 0.2) is 0 Å². The van der Waals surface area contributed by atoms with E-state index in [-0.39, 0.29) is 12.3 Å². The number of carbonyl (C=O) groups excluding carboxylic acids is 1. The van der Waals surface area contributed by atoms with Crippen LogP contribution in [0.4, 0.5) is 8.78 Å². The van der Waals surface area contributed by atoms with Crippen molar-refractivity contribution in [2.75, 3.05) is 6.54 Å².